The Morgan fingerprint density at radius 3 is 3.15 bits per heavy atom. The summed E-state index contributed by atoms with van der Waals surface area (Å²) in [4.78, 5) is 0. The lowest BCUT2D eigenvalue weighted by Crippen LogP contribution is -2.22. The molecule has 1 heterocycles. The van der Waals surface area contributed by atoms with Gasteiger partial charge in [0.1, 0.15) is 0 Å². The predicted molar refractivity (Wildman–Crippen MR) is 56.2 cm³/mol. The van der Waals surface area contributed by atoms with Gasteiger partial charge in [-0.1, -0.05) is 23.7 Å². The van der Waals surface area contributed by atoms with E-state index >= 15 is 0 Å². The standard InChI is InChI=1S/C10H13ClN2/c11-9-3-1-2-7-6-8(12)4-5-13-10(7)9/h1-3,8,13H,4-6,12H2. The van der Waals surface area contributed by atoms with Crippen LogP contribution in [-0.2, 0) is 6.42 Å². The van der Waals surface area contributed by atoms with Gasteiger partial charge in [-0.05, 0) is 24.5 Å². The molecule has 0 radical (unpaired) electrons. The molecule has 1 aromatic rings. The Labute approximate surface area is 83.1 Å². The van der Waals surface area contributed by atoms with E-state index in [4.69, 9.17) is 17.3 Å². The van der Waals surface area contributed by atoms with Gasteiger partial charge in [0.2, 0.25) is 0 Å². The Balaban J connectivity index is 2.39. The van der Waals surface area contributed by atoms with Crippen LogP contribution in [0, 0.1) is 0 Å². The van der Waals surface area contributed by atoms with Gasteiger partial charge in [0.05, 0.1) is 10.7 Å². The average molecular weight is 197 g/mol. The summed E-state index contributed by atoms with van der Waals surface area (Å²) in [5, 5.41) is 4.11. The van der Waals surface area contributed by atoms with Crippen LogP contribution in [0.4, 0.5) is 5.69 Å². The molecule has 0 bridgehead atoms. The summed E-state index contributed by atoms with van der Waals surface area (Å²) in [6, 6.07) is 6.22. The fraction of sp³-hybridized carbons (Fsp3) is 0.400. The molecule has 2 nitrogen and oxygen atoms in total. The van der Waals surface area contributed by atoms with E-state index < -0.39 is 0 Å². The first-order valence-corrected chi connectivity index (χ1v) is 4.92. The lowest BCUT2D eigenvalue weighted by Gasteiger charge is -2.09. The number of rotatable bonds is 0. The van der Waals surface area contributed by atoms with Gasteiger partial charge in [0.25, 0.3) is 0 Å². The first kappa shape index (κ1) is 8.85. The van der Waals surface area contributed by atoms with Crippen molar-refractivity contribution < 1.29 is 0 Å². The number of fused-ring (bicyclic) bond motifs is 1. The van der Waals surface area contributed by atoms with Crippen molar-refractivity contribution in [3.05, 3.63) is 28.8 Å². The second kappa shape index (κ2) is 3.56. The summed E-state index contributed by atoms with van der Waals surface area (Å²) in [5.74, 6) is 0. The number of nitrogens with one attached hydrogen (secondary N) is 1. The molecule has 1 unspecified atom stereocenters. The minimum absolute atomic E-state index is 0.257. The van der Waals surface area contributed by atoms with E-state index in [2.05, 4.69) is 11.4 Å². The average Bonchev–Trinajstić information content (AvgIpc) is 2.27. The van der Waals surface area contributed by atoms with Crippen molar-refractivity contribution in [2.75, 3.05) is 11.9 Å². The van der Waals surface area contributed by atoms with E-state index in [1.54, 1.807) is 0 Å². The van der Waals surface area contributed by atoms with E-state index in [1.807, 2.05) is 12.1 Å². The van der Waals surface area contributed by atoms with Crippen LogP contribution in [0.2, 0.25) is 5.02 Å². The summed E-state index contributed by atoms with van der Waals surface area (Å²) in [6.07, 6.45) is 1.92. The van der Waals surface area contributed by atoms with E-state index in [9.17, 15) is 0 Å². The maximum Gasteiger partial charge on any atom is 0.0640 e. The molecule has 0 amide bonds. The Morgan fingerprint density at radius 1 is 1.46 bits per heavy atom. The molecule has 0 fully saturated rings. The highest BCUT2D eigenvalue weighted by Crippen LogP contribution is 2.28. The minimum Gasteiger partial charge on any atom is -0.384 e. The van der Waals surface area contributed by atoms with Crippen molar-refractivity contribution in [3.8, 4) is 0 Å². The van der Waals surface area contributed by atoms with Crippen molar-refractivity contribution in [1.29, 1.82) is 0 Å². The highest BCUT2D eigenvalue weighted by atomic mass is 35.5. The zero-order valence-electron chi connectivity index (χ0n) is 7.39. The second-order valence-corrected chi connectivity index (χ2v) is 3.86. The molecular weight excluding hydrogens is 184 g/mol. The topological polar surface area (TPSA) is 38.0 Å². The molecule has 13 heavy (non-hydrogen) atoms. The van der Waals surface area contributed by atoms with E-state index in [1.165, 1.54) is 5.56 Å². The van der Waals surface area contributed by atoms with Gasteiger partial charge in [-0.3, -0.25) is 0 Å². The Kier molecular flexibility index (Phi) is 2.42. The van der Waals surface area contributed by atoms with Crippen molar-refractivity contribution >= 4 is 17.3 Å². The number of anilines is 1. The monoisotopic (exact) mass is 196 g/mol. The van der Waals surface area contributed by atoms with Crippen molar-refractivity contribution in [1.82, 2.24) is 0 Å². The van der Waals surface area contributed by atoms with Crippen molar-refractivity contribution in [2.24, 2.45) is 5.73 Å². The summed E-state index contributed by atoms with van der Waals surface area (Å²) < 4.78 is 0. The molecule has 1 aliphatic rings. The molecule has 0 aliphatic carbocycles. The normalized spacial score (nSPS) is 21.5. The quantitative estimate of drug-likeness (QED) is 0.667. The molecular formula is C10H13ClN2. The number of benzene rings is 1. The molecule has 1 aliphatic heterocycles. The van der Waals surface area contributed by atoms with Gasteiger partial charge < -0.3 is 11.1 Å². The third kappa shape index (κ3) is 1.79. The minimum atomic E-state index is 0.257. The molecule has 3 heteroatoms. The molecule has 2 rings (SSSR count). The fourth-order valence-electron chi connectivity index (χ4n) is 1.70. The van der Waals surface area contributed by atoms with Crippen LogP contribution >= 0.6 is 11.6 Å². The number of halogens is 1. The largest absolute Gasteiger partial charge is 0.384 e. The maximum atomic E-state index is 6.06. The highest BCUT2D eigenvalue weighted by molar-refractivity contribution is 6.33. The van der Waals surface area contributed by atoms with Crippen molar-refractivity contribution in [3.63, 3.8) is 0 Å². The molecule has 70 valence electrons. The van der Waals surface area contributed by atoms with Gasteiger partial charge in [-0.25, -0.2) is 0 Å². The molecule has 0 spiro atoms. The number of hydrogen-bond acceptors (Lipinski definition) is 2. The van der Waals surface area contributed by atoms with Crippen LogP contribution in [0.3, 0.4) is 0 Å². The van der Waals surface area contributed by atoms with Gasteiger partial charge in [0, 0.05) is 12.6 Å². The van der Waals surface area contributed by atoms with Gasteiger partial charge in [0.15, 0.2) is 0 Å². The lowest BCUT2D eigenvalue weighted by atomic mass is 10.0. The van der Waals surface area contributed by atoms with Gasteiger partial charge >= 0.3 is 0 Å². The molecule has 1 aromatic carbocycles. The van der Waals surface area contributed by atoms with Crippen LogP contribution in [0.5, 0.6) is 0 Å². The van der Waals surface area contributed by atoms with E-state index in [-0.39, 0.29) is 6.04 Å². The molecule has 0 saturated carbocycles. The lowest BCUT2D eigenvalue weighted by molar-refractivity contribution is 0.642. The van der Waals surface area contributed by atoms with Gasteiger partial charge in [-0.2, -0.15) is 0 Å². The van der Waals surface area contributed by atoms with Crippen LogP contribution in [-0.4, -0.2) is 12.6 Å². The first-order chi connectivity index (χ1) is 6.27. The van der Waals surface area contributed by atoms with Gasteiger partial charge in [-0.15, -0.1) is 0 Å². The molecule has 3 N–H and O–H groups in total. The molecule has 0 aromatic heterocycles. The van der Waals surface area contributed by atoms with Crippen LogP contribution in [0.25, 0.3) is 0 Å². The third-order valence-corrected chi connectivity index (χ3v) is 2.71. The second-order valence-electron chi connectivity index (χ2n) is 3.45. The van der Waals surface area contributed by atoms with Crippen molar-refractivity contribution in [2.45, 2.75) is 18.9 Å². The summed E-state index contributed by atoms with van der Waals surface area (Å²) in [6.45, 7) is 0.915. The third-order valence-electron chi connectivity index (χ3n) is 2.40. The Morgan fingerprint density at radius 2 is 2.31 bits per heavy atom. The van der Waals surface area contributed by atoms with E-state index in [0.29, 0.717) is 0 Å². The summed E-state index contributed by atoms with van der Waals surface area (Å²) >= 11 is 6.06. The molecule has 0 saturated heterocycles. The first-order valence-electron chi connectivity index (χ1n) is 4.54. The summed E-state index contributed by atoms with van der Waals surface area (Å²) in [5.41, 5.74) is 8.22. The zero-order chi connectivity index (χ0) is 9.26. The molecule has 1 atom stereocenters. The SMILES string of the molecule is NC1CCNc2c(Cl)cccc2C1. The maximum absolute atomic E-state index is 6.06. The summed E-state index contributed by atoms with van der Waals surface area (Å²) in [7, 11) is 0. The highest BCUT2D eigenvalue weighted by Gasteiger charge is 2.14. The zero-order valence-corrected chi connectivity index (χ0v) is 8.14. The van der Waals surface area contributed by atoms with Crippen LogP contribution in [0.1, 0.15) is 12.0 Å². The number of nitrogens with two attached hydrogens (primary N) is 1. The van der Waals surface area contributed by atoms with Crippen LogP contribution in [0.15, 0.2) is 18.2 Å². The Hall–Kier alpha value is -0.730. The fourth-order valence-corrected chi connectivity index (χ4v) is 1.96. The smallest absolute Gasteiger partial charge is 0.0640 e. The predicted octanol–water partition coefficient (Wildman–Crippen LogP) is 2.03. The van der Waals surface area contributed by atoms with E-state index in [0.717, 1.165) is 30.1 Å². The number of para-hydroxylation sites is 1. The Bertz CT molecular complexity index is 312. The van der Waals surface area contributed by atoms with Crippen LogP contribution < -0.4 is 11.1 Å². The number of hydrogen-bond donors (Lipinski definition) is 2.